The van der Waals surface area contributed by atoms with Crippen molar-refractivity contribution in [3.8, 4) is 6.07 Å². The van der Waals surface area contributed by atoms with Crippen LogP contribution in [-0.4, -0.2) is 52.8 Å². The molecule has 1 aromatic carbocycles. The van der Waals surface area contributed by atoms with E-state index in [0.29, 0.717) is 50.8 Å². The van der Waals surface area contributed by atoms with Crippen LogP contribution in [0.5, 0.6) is 0 Å². The number of nitriles is 1. The lowest BCUT2D eigenvalue weighted by Gasteiger charge is -2.30. The molecule has 2 fully saturated rings. The molecular formula is C27H35N5O3. The first-order chi connectivity index (χ1) is 17.1. The number of morpholine rings is 1. The molecule has 2 heterocycles. The Kier molecular flexibility index (Phi) is 8.90. The van der Waals surface area contributed by atoms with Crippen molar-refractivity contribution in [2.75, 3.05) is 31.6 Å². The maximum Gasteiger partial charge on any atom is 0.229 e. The summed E-state index contributed by atoms with van der Waals surface area (Å²) in [6, 6.07) is 12.2. The fourth-order valence-corrected chi connectivity index (χ4v) is 5.08. The number of anilines is 1. The van der Waals surface area contributed by atoms with Gasteiger partial charge in [0.15, 0.2) is 5.82 Å². The Bertz CT molecular complexity index is 1020. The van der Waals surface area contributed by atoms with Gasteiger partial charge in [-0.1, -0.05) is 62.4 Å². The highest BCUT2D eigenvalue weighted by Crippen LogP contribution is 2.31. The molecule has 8 nitrogen and oxygen atoms in total. The molecule has 0 spiro atoms. The number of nitrogens with zero attached hydrogens (tertiary/aromatic N) is 4. The first-order valence-electron chi connectivity index (χ1n) is 12.8. The number of ether oxygens (including phenoxy) is 1. The van der Waals surface area contributed by atoms with Gasteiger partial charge in [-0.2, -0.15) is 10.4 Å². The summed E-state index contributed by atoms with van der Waals surface area (Å²) in [6.07, 6.45) is 9.14. The van der Waals surface area contributed by atoms with Gasteiger partial charge in [-0.3, -0.25) is 14.3 Å². The van der Waals surface area contributed by atoms with Crippen LogP contribution in [0.4, 0.5) is 5.82 Å². The fraction of sp³-hybridized carbons (Fsp3) is 0.556. The molecule has 0 radical (unpaired) electrons. The molecule has 2 aliphatic rings. The summed E-state index contributed by atoms with van der Waals surface area (Å²) in [5.74, 6) is 0.0727. The number of carbonyl (C=O) groups excluding carboxylic acids is 2. The highest BCUT2D eigenvalue weighted by Gasteiger charge is 2.30. The third kappa shape index (κ3) is 7.15. The van der Waals surface area contributed by atoms with E-state index < -0.39 is 5.92 Å². The summed E-state index contributed by atoms with van der Waals surface area (Å²) in [4.78, 5) is 28.2. The number of aromatic nitrogens is 2. The highest BCUT2D eigenvalue weighted by atomic mass is 16.5. The first kappa shape index (κ1) is 24.9. The molecule has 1 aliphatic heterocycles. The van der Waals surface area contributed by atoms with Gasteiger partial charge in [-0.25, -0.2) is 0 Å². The zero-order valence-electron chi connectivity index (χ0n) is 20.3. The maximum absolute atomic E-state index is 13.4. The van der Waals surface area contributed by atoms with E-state index in [0.717, 1.165) is 19.3 Å². The monoisotopic (exact) mass is 477 g/mol. The van der Waals surface area contributed by atoms with Gasteiger partial charge in [0.05, 0.1) is 13.2 Å². The van der Waals surface area contributed by atoms with Crippen LogP contribution < -0.4 is 5.32 Å². The largest absolute Gasteiger partial charge is 0.378 e. The van der Waals surface area contributed by atoms with Crippen LogP contribution >= 0.6 is 0 Å². The Morgan fingerprint density at radius 2 is 1.89 bits per heavy atom. The molecule has 0 unspecified atom stereocenters. The van der Waals surface area contributed by atoms with E-state index >= 15 is 0 Å². The third-order valence-corrected chi connectivity index (χ3v) is 7.09. The summed E-state index contributed by atoms with van der Waals surface area (Å²) in [5.41, 5.74) is 1.52. The minimum absolute atomic E-state index is 0.00171. The SMILES string of the molecule is N#Cc1cn(CCc2ccccc2)nc1NC(=O)[C@@H](CC(=O)N1CCOCC1)CC1CCCCC1. The minimum Gasteiger partial charge on any atom is -0.378 e. The topological polar surface area (TPSA) is 100 Å². The molecule has 1 saturated carbocycles. The van der Waals surface area contributed by atoms with Gasteiger partial charge in [-0.05, 0) is 24.3 Å². The standard InChI is InChI=1S/C27H35N5O3/c28-19-24-20-32(12-11-21-7-3-1-4-8-21)30-26(24)29-27(34)23(17-22-9-5-2-6-10-22)18-25(33)31-13-15-35-16-14-31/h1,3-4,7-8,20,22-23H,2,5-6,9-18H2,(H,29,30,34)/t23-/m1/s1. The first-order valence-corrected chi connectivity index (χ1v) is 12.8. The van der Waals surface area contributed by atoms with Crippen LogP contribution in [0.2, 0.25) is 0 Å². The lowest BCUT2D eigenvalue weighted by Crippen LogP contribution is -2.42. The maximum atomic E-state index is 13.4. The summed E-state index contributed by atoms with van der Waals surface area (Å²) >= 11 is 0. The molecule has 2 amide bonds. The lowest BCUT2D eigenvalue weighted by atomic mass is 9.81. The smallest absolute Gasteiger partial charge is 0.229 e. The van der Waals surface area contributed by atoms with E-state index in [1.54, 1.807) is 15.8 Å². The molecule has 1 aliphatic carbocycles. The molecule has 1 atom stereocenters. The zero-order valence-corrected chi connectivity index (χ0v) is 20.3. The van der Waals surface area contributed by atoms with E-state index in [1.165, 1.54) is 24.8 Å². The lowest BCUT2D eigenvalue weighted by molar-refractivity contribution is -0.138. The Labute approximate surface area is 207 Å². The van der Waals surface area contributed by atoms with Crippen molar-refractivity contribution in [2.24, 2.45) is 11.8 Å². The van der Waals surface area contributed by atoms with Gasteiger partial charge < -0.3 is 15.0 Å². The predicted molar refractivity (Wildman–Crippen MR) is 132 cm³/mol. The van der Waals surface area contributed by atoms with Crippen molar-refractivity contribution < 1.29 is 14.3 Å². The van der Waals surface area contributed by atoms with Gasteiger partial charge >= 0.3 is 0 Å². The van der Waals surface area contributed by atoms with E-state index in [-0.39, 0.29) is 24.1 Å². The molecule has 8 heteroatoms. The number of nitrogens with one attached hydrogen (secondary N) is 1. The van der Waals surface area contributed by atoms with E-state index in [9.17, 15) is 14.9 Å². The van der Waals surface area contributed by atoms with Gasteiger partial charge in [0.2, 0.25) is 11.8 Å². The summed E-state index contributed by atoms with van der Waals surface area (Å²) in [6.45, 7) is 2.83. The molecule has 0 bridgehead atoms. The number of carbonyl (C=O) groups is 2. The van der Waals surface area contributed by atoms with E-state index in [1.807, 2.05) is 18.2 Å². The molecule has 2 aromatic rings. The van der Waals surface area contributed by atoms with Crippen molar-refractivity contribution >= 4 is 17.6 Å². The Morgan fingerprint density at radius 1 is 1.14 bits per heavy atom. The van der Waals surface area contributed by atoms with Crippen molar-refractivity contribution in [2.45, 2.75) is 57.9 Å². The molecule has 1 saturated heterocycles. The number of amides is 2. The molecule has 35 heavy (non-hydrogen) atoms. The fourth-order valence-electron chi connectivity index (χ4n) is 5.08. The second kappa shape index (κ2) is 12.5. The number of hydrogen-bond acceptors (Lipinski definition) is 5. The average molecular weight is 478 g/mol. The van der Waals surface area contributed by atoms with Gasteiger partial charge in [-0.15, -0.1) is 0 Å². The Balaban J connectivity index is 1.43. The zero-order chi connectivity index (χ0) is 24.5. The highest BCUT2D eigenvalue weighted by molar-refractivity contribution is 5.95. The van der Waals surface area contributed by atoms with Gasteiger partial charge in [0.25, 0.3) is 0 Å². The summed E-state index contributed by atoms with van der Waals surface area (Å²) in [7, 11) is 0. The van der Waals surface area contributed by atoms with Crippen LogP contribution in [0.3, 0.4) is 0 Å². The van der Waals surface area contributed by atoms with Gasteiger partial charge in [0, 0.05) is 38.2 Å². The normalized spacial score (nSPS) is 17.5. The van der Waals surface area contributed by atoms with Crippen LogP contribution in [0.15, 0.2) is 36.5 Å². The second-order valence-electron chi connectivity index (χ2n) is 9.63. The summed E-state index contributed by atoms with van der Waals surface area (Å²) in [5, 5.41) is 17.0. The average Bonchev–Trinajstić information content (AvgIpc) is 3.30. The Hall–Kier alpha value is -3.18. The number of benzene rings is 1. The molecular weight excluding hydrogens is 442 g/mol. The minimum atomic E-state index is -0.436. The number of rotatable bonds is 9. The van der Waals surface area contributed by atoms with Crippen molar-refractivity contribution in [3.63, 3.8) is 0 Å². The number of hydrogen-bond donors (Lipinski definition) is 1. The molecule has 1 N–H and O–H groups in total. The van der Waals surface area contributed by atoms with Gasteiger partial charge in [0.1, 0.15) is 11.6 Å². The van der Waals surface area contributed by atoms with Crippen LogP contribution in [-0.2, 0) is 27.3 Å². The van der Waals surface area contributed by atoms with E-state index in [2.05, 4.69) is 28.6 Å². The quantitative estimate of drug-likeness (QED) is 0.593. The molecule has 4 rings (SSSR count). The Morgan fingerprint density at radius 3 is 2.60 bits per heavy atom. The predicted octanol–water partition coefficient (Wildman–Crippen LogP) is 3.77. The summed E-state index contributed by atoms with van der Waals surface area (Å²) < 4.78 is 7.07. The van der Waals surface area contributed by atoms with Crippen LogP contribution in [0.25, 0.3) is 0 Å². The van der Waals surface area contributed by atoms with Crippen molar-refractivity contribution in [3.05, 3.63) is 47.7 Å². The second-order valence-corrected chi connectivity index (χ2v) is 9.63. The van der Waals surface area contributed by atoms with Crippen LogP contribution in [0.1, 0.15) is 56.1 Å². The van der Waals surface area contributed by atoms with E-state index in [4.69, 9.17) is 4.74 Å². The molecule has 186 valence electrons. The van der Waals surface area contributed by atoms with Crippen molar-refractivity contribution in [1.82, 2.24) is 14.7 Å². The van der Waals surface area contributed by atoms with Crippen molar-refractivity contribution in [1.29, 1.82) is 5.26 Å². The van der Waals surface area contributed by atoms with Crippen LogP contribution in [0, 0.1) is 23.2 Å². The number of aryl methyl sites for hydroxylation is 2. The molecule has 1 aromatic heterocycles. The third-order valence-electron chi connectivity index (χ3n) is 7.09.